The highest BCUT2D eigenvalue weighted by Gasteiger charge is 2.41. The highest BCUT2D eigenvalue weighted by molar-refractivity contribution is 7.80. The summed E-state index contributed by atoms with van der Waals surface area (Å²) < 4.78 is 16.7. The van der Waals surface area contributed by atoms with Crippen LogP contribution in [0.15, 0.2) is 54.7 Å². The molecule has 1 saturated heterocycles. The number of nitrogens with zero attached hydrogens (tertiary/aromatic N) is 4. The molecule has 0 amide bonds. The Morgan fingerprint density at radius 2 is 1.88 bits per heavy atom. The zero-order chi connectivity index (χ0) is 22.8. The van der Waals surface area contributed by atoms with Crippen LogP contribution in [0.4, 0.5) is 4.39 Å². The van der Waals surface area contributed by atoms with Gasteiger partial charge in [-0.15, -0.1) is 0 Å². The topological polar surface area (TPSA) is 36.3 Å². The number of thiocarbonyl (C=S) groups is 1. The van der Waals surface area contributed by atoms with Crippen molar-refractivity contribution in [1.29, 1.82) is 0 Å². The predicted molar refractivity (Wildman–Crippen MR) is 131 cm³/mol. The molecule has 1 aliphatic rings. The summed E-state index contributed by atoms with van der Waals surface area (Å²) >= 11 is 5.78. The molecule has 0 radical (unpaired) electrons. The van der Waals surface area contributed by atoms with Gasteiger partial charge in [0.2, 0.25) is 0 Å². The lowest BCUT2D eigenvalue weighted by atomic mass is 9.96. The van der Waals surface area contributed by atoms with Gasteiger partial charge in [-0.1, -0.05) is 18.2 Å². The van der Waals surface area contributed by atoms with E-state index in [2.05, 4.69) is 47.2 Å². The smallest absolute Gasteiger partial charge is 0.170 e. The minimum Gasteiger partial charge on any atom is -0.352 e. The molecule has 1 aliphatic heterocycles. The number of rotatable bonds is 7. The number of aryl methyl sites for hydroxylation is 1. The van der Waals surface area contributed by atoms with E-state index in [0.717, 1.165) is 47.3 Å². The van der Waals surface area contributed by atoms with Crippen molar-refractivity contribution in [1.82, 2.24) is 24.7 Å². The van der Waals surface area contributed by atoms with Gasteiger partial charge in [0.05, 0.1) is 23.5 Å². The summed E-state index contributed by atoms with van der Waals surface area (Å²) in [5.41, 5.74) is 4.66. The van der Waals surface area contributed by atoms with E-state index < -0.39 is 0 Å². The second kappa shape index (κ2) is 9.38. The Morgan fingerprint density at radius 1 is 1.12 bits per heavy atom. The molecular formula is C25H30FN5S. The third-order valence-electron chi connectivity index (χ3n) is 6.08. The quantitative estimate of drug-likeness (QED) is 0.533. The first-order valence-corrected chi connectivity index (χ1v) is 11.4. The summed E-state index contributed by atoms with van der Waals surface area (Å²) in [6, 6.07) is 14.9. The third kappa shape index (κ3) is 4.27. The lowest BCUT2D eigenvalue weighted by Gasteiger charge is -2.28. The van der Waals surface area contributed by atoms with Crippen molar-refractivity contribution in [3.05, 3.63) is 83.2 Å². The van der Waals surface area contributed by atoms with E-state index in [1.807, 2.05) is 48.0 Å². The van der Waals surface area contributed by atoms with E-state index in [9.17, 15) is 4.39 Å². The minimum atomic E-state index is -0.231. The molecule has 0 aliphatic carbocycles. The van der Waals surface area contributed by atoms with Gasteiger partial charge in [-0.25, -0.2) is 4.39 Å². The average Bonchev–Trinajstić information content (AvgIpc) is 3.24. The molecule has 0 unspecified atom stereocenters. The highest BCUT2D eigenvalue weighted by atomic mass is 32.1. The molecule has 5 nitrogen and oxygen atoms in total. The van der Waals surface area contributed by atoms with Crippen LogP contribution < -0.4 is 5.32 Å². The SMILES string of the molecule is Cc1cc([C@@H]2[C@H](c3ccccn3)NC(=S)N2CCCN(C)C)c(C)n1-c1ccccc1F. The zero-order valence-corrected chi connectivity index (χ0v) is 19.9. The first-order chi connectivity index (χ1) is 15.4. The summed E-state index contributed by atoms with van der Waals surface area (Å²) in [4.78, 5) is 9.07. The van der Waals surface area contributed by atoms with Crippen LogP contribution in [0.2, 0.25) is 0 Å². The molecular weight excluding hydrogens is 421 g/mol. The van der Waals surface area contributed by atoms with Crippen molar-refractivity contribution in [2.45, 2.75) is 32.4 Å². The van der Waals surface area contributed by atoms with Gasteiger partial charge in [-0.05, 0) is 89.0 Å². The van der Waals surface area contributed by atoms with Crippen LogP contribution in [-0.4, -0.2) is 51.6 Å². The van der Waals surface area contributed by atoms with Crippen LogP contribution in [0.3, 0.4) is 0 Å². The molecule has 2 atom stereocenters. The van der Waals surface area contributed by atoms with Crippen LogP contribution in [0.1, 0.15) is 41.1 Å². The molecule has 1 N–H and O–H groups in total. The van der Waals surface area contributed by atoms with Gasteiger partial charge in [-0.3, -0.25) is 4.98 Å². The number of aromatic nitrogens is 2. The minimum absolute atomic E-state index is 0.0220. The van der Waals surface area contributed by atoms with Gasteiger partial charge in [0.15, 0.2) is 5.11 Å². The standard InChI is InChI=1S/C25H30FN5S/c1-17-16-19(18(2)31(17)22-12-6-5-10-20(22)26)24-23(21-11-7-8-13-27-21)28-25(32)30(24)15-9-14-29(3)4/h5-8,10-13,16,23-24H,9,14-15H2,1-4H3,(H,28,32)/t23-,24+/m0/s1. The van der Waals surface area contributed by atoms with E-state index in [1.54, 1.807) is 6.07 Å². The maximum Gasteiger partial charge on any atom is 0.170 e. The van der Waals surface area contributed by atoms with Crippen LogP contribution in [0.25, 0.3) is 5.69 Å². The van der Waals surface area contributed by atoms with Gasteiger partial charge in [0.1, 0.15) is 5.82 Å². The Balaban J connectivity index is 1.78. The summed E-state index contributed by atoms with van der Waals surface area (Å²) in [5.74, 6) is -0.231. The maximum absolute atomic E-state index is 14.7. The van der Waals surface area contributed by atoms with Crippen molar-refractivity contribution in [3.8, 4) is 5.69 Å². The third-order valence-corrected chi connectivity index (χ3v) is 6.44. The van der Waals surface area contributed by atoms with Crippen molar-refractivity contribution in [3.63, 3.8) is 0 Å². The predicted octanol–water partition coefficient (Wildman–Crippen LogP) is 4.55. The molecule has 0 bridgehead atoms. The number of pyridine rings is 1. The van der Waals surface area contributed by atoms with E-state index in [-0.39, 0.29) is 17.9 Å². The van der Waals surface area contributed by atoms with Gasteiger partial charge >= 0.3 is 0 Å². The number of hydrogen-bond donors (Lipinski definition) is 1. The van der Waals surface area contributed by atoms with E-state index >= 15 is 0 Å². The number of benzene rings is 1. The first-order valence-electron chi connectivity index (χ1n) is 10.9. The summed E-state index contributed by atoms with van der Waals surface area (Å²) in [6.07, 6.45) is 2.81. The molecule has 2 aromatic heterocycles. The van der Waals surface area contributed by atoms with Gasteiger partial charge in [-0.2, -0.15) is 0 Å². The van der Waals surface area contributed by atoms with Crippen LogP contribution in [0.5, 0.6) is 0 Å². The van der Waals surface area contributed by atoms with E-state index in [4.69, 9.17) is 12.2 Å². The van der Waals surface area contributed by atoms with Crippen LogP contribution in [-0.2, 0) is 0 Å². The van der Waals surface area contributed by atoms with Crippen molar-refractivity contribution in [2.24, 2.45) is 0 Å². The molecule has 0 spiro atoms. The van der Waals surface area contributed by atoms with Gasteiger partial charge in [0, 0.05) is 24.1 Å². The average molecular weight is 452 g/mol. The Bertz CT molecular complexity index is 1090. The number of hydrogen-bond acceptors (Lipinski definition) is 3. The monoisotopic (exact) mass is 451 g/mol. The maximum atomic E-state index is 14.7. The van der Waals surface area contributed by atoms with Gasteiger partial charge in [0.25, 0.3) is 0 Å². The van der Waals surface area contributed by atoms with Crippen molar-refractivity contribution < 1.29 is 4.39 Å². The van der Waals surface area contributed by atoms with Crippen LogP contribution in [0, 0.1) is 19.7 Å². The number of halogens is 1. The van der Waals surface area contributed by atoms with Crippen molar-refractivity contribution >= 4 is 17.3 Å². The van der Waals surface area contributed by atoms with Gasteiger partial charge < -0.3 is 19.7 Å². The van der Waals surface area contributed by atoms with E-state index in [1.165, 1.54) is 6.07 Å². The summed E-state index contributed by atoms with van der Waals surface area (Å²) in [5, 5.41) is 4.25. The second-order valence-corrected chi connectivity index (χ2v) is 8.98. The van der Waals surface area contributed by atoms with E-state index in [0.29, 0.717) is 5.69 Å². The lowest BCUT2D eigenvalue weighted by Crippen LogP contribution is -2.32. The Morgan fingerprint density at radius 3 is 2.56 bits per heavy atom. The van der Waals surface area contributed by atoms with Crippen molar-refractivity contribution in [2.75, 3.05) is 27.2 Å². The fourth-order valence-electron chi connectivity index (χ4n) is 4.63. The summed E-state index contributed by atoms with van der Waals surface area (Å²) in [6.45, 7) is 5.90. The molecule has 7 heteroatoms. The summed E-state index contributed by atoms with van der Waals surface area (Å²) in [7, 11) is 4.16. The largest absolute Gasteiger partial charge is 0.352 e. The fraction of sp³-hybridized carbons (Fsp3) is 0.360. The zero-order valence-electron chi connectivity index (χ0n) is 19.0. The van der Waals surface area contributed by atoms with Crippen LogP contribution >= 0.6 is 12.2 Å². The molecule has 3 aromatic rings. The second-order valence-electron chi connectivity index (χ2n) is 8.59. The normalized spacial score (nSPS) is 18.4. The molecule has 32 heavy (non-hydrogen) atoms. The molecule has 4 rings (SSSR count). The molecule has 168 valence electrons. The number of para-hydroxylation sites is 1. The lowest BCUT2D eigenvalue weighted by molar-refractivity contribution is 0.292. The Kier molecular flexibility index (Phi) is 6.58. The fourth-order valence-corrected chi connectivity index (χ4v) is 4.96. The first kappa shape index (κ1) is 22.4. The molecule has 0 saturated carbocycles. The number of nitrogens with one attached hydrogen (secondary N) is 1. The molecule has 3 heterocycles. The Hall–Kier alpha value is -2.77. The molecule has 1 fully saturated rings. The highest BCUT2D eigenvalue weighted by Crippen LogP contribution is 2.41. The Labute approximate surface area is 194 Å². The molecule has 1 aromatic carbocycles.